The first kappa shape index (κ1) is 26.6. The summed E-state index contributed by atoms with van der Waals surface area (Å²) in [7, 11) is 4.74. The molecule has 1 aliphatic heterocycles. The fourth-order valence-corrected chi connectivity index (χ4v) is 4.74. The quantitative estimate of drug-likeness (QED) is 0.312. The number of imidazole rings is 1. The third kappa shape index (κ3) is 5.72. The molecule has 5 rings (SSSR count). The first-order valence-electron chi connectivity index (χ1n) is 12.5. The molecule has 2 N–H and O–H groups in total. The lowest BCUT2D eigenvalue weighted by Gasteiger charge is -2.38. The fourth-order valence-electron chi connectivity index (χ4n) is 4.74. The van der Waals surface area contributed by atoms with E-state index in [0.717, 1.165) is 11.1 Å². The molecule has 1 fully saturated rings. The monoisotopic (exact) mass is 538 g/mol. The lowest BCUT2D eigenvalue weighted by Crippen LogP contribution is -2.46. The lowest BCUT2D eigenvalue weighted by atomic mass is 10.1. The Morgan fingerprint density at radius 3 is 2.41 bits per heavy atom. The number of halogens is 1. The fraction of sp³-hybridized carbons (Fsp3) is 0.370. The predicted molar refractivity (Wildman–Crippen MR) is 141 cm³/mol. The van der Waals surface area contributed by atoms with Gasteiger partial charge in [0.2, 0.25) is 5.75 Å². The standard InChI is InChI=1S/C27H31FN6O5/c1-36-21-8-18(9-22(37-2)25(21)38-3)11-33-12-20(14-35)39-23(13-33)34-16-32-24-26(30-15-31-27(24)34)29-10-17-4-6-19(28)7-5-17/h4-9,15-16,20,23,35H,10-14H2,1-3H3,(H,29,30,31)/t20-,23+/m0/s1. The van der Waals surface area contributed by atoms with Gasteiger partial charge in [-0.15, -0.1) is 0 Å². The average Bonchev–Trinajstić information content (AvgIpc) is 3.41. The van der Waals surface area contributed by atoms with E-state index in [-0.39, 0.29) is 12.4 Å². The number of hydrogen-bond donors (Lipinski definition) is 2. The van der Waals surface area contributed by atoms with E-state index in [9.17, 15) is 9.50 Å². The largest absolute Gasteiger partial charge is 0.493 e. The first-order valence-corrected chi connectivity index (χ1v) is 12.5. The van der Waals surface area contributed by atoms with Gasteiger partial charge in [0.25, 0.3) is 0 Å². The molecular formula is C27H31FN6O5. The number of aromatic nitrogens is 4. The van der Waals surface area contributed by atoms with Crippen LogP contribution in [0.2, 0.25) is 0 Å². The predicted octanol–water partition coefficient (Wildman–Crippen LogP) is 3.00. The molecule has 1 aliphatic rings. The number of anilines is 1. The molecule has 0 radical (unpaired) electrons. The van der Waals surface area contributed by atoms with Crippen molar-refractivity contribution in [3.8, 4) is 17.2 Å². The molecule has 0 bridgehead atoms. The number of hydrogen-bond acceptors (Lipinski definition) is 10. The number of nitrogens with zero attached hydrogens (tertiary/aromatic N) is 5. The third-order valence-electron chi connectivity index (χ3n) is 6.60. The van der Waals surface area contributed by atoms with Gasteiger partial charge in [-0.3, -0.25) is 9.47 Å². The summed E-state index contributed by atoms with van der Waals surface area (Å²) in [5.41, 5.74) is 3.06. The van der Waals surface area contributed by atoms with Crippen molar-refractivity contribution in [2.24, 2.45) is 0 Å². The molecule has 0 spiro atoms. The van der Waals surface area contributed by atoms with Crippen LogP contribution in [0, 0.1) is 5.82 Å². The molecule has 39 heavy (non-hydrogen) atoms. The molecule has 2 atom stereocenters. The van der Waals surface area contributed by atoms with Crippen molar-refractivity contribution in [1.29, 1.82) is 0 Å². The van der Waals surface area contributed by atoms with E-state index >= 15 is 0 Å². The van der Waals surface area contributed by atoms with E-state index in [2.05, 4.69) is 25.2 Å². The maximum atomic E-state index is 13.2. The lowest BCUT2D eigenvalue weighted by molar-refractivity contribution is -0.135. The molecule has 0 unspecified atom stereocenters. The van der Waals surface area contributed by atoms with Gasteiger partial charge in [0, 0.05) is 26.2 Å². The number of aliphatic hydroxyl groups is 1. The van der Waals surface area contributed by atoms with Crippen molar-refractivity contribution in [2.45, 2.75) is 25.4 Å². The maximum Gasteiger partial charge on any atom is 0.203 e. The highest BCUT2D eigenvalue weighted by Gasteiger charge is 2.30. The summed E-state index contributed by atoms with van der Waals surface area (Å²) in [6.45, 7) is 1.96. The number of fused-ring (bicyclic) bond motifs is 1. The van der Waals surface area contributed by atoms with Crippen LogP contribution in [0.25, 0.3) is 11.2 Å². The van der Waals surface area contributed by atoms with Gasteiger partial charge in [-0.2, -0.15) is 0 Å². The minimum Gasteiger partial charge on any atom is -0.493 e. The van der Waals surface area contributed by atoms with E-state index in [4.69, 9.17) is 18.9 Å². The number of nitrogens with one attached hydrogen (secondary N) is 1. The second-order valence-electron chi connectivity index (χ2n) is 9.15. The van der Waals surface area contributed by atoms with Crippen molar-refractivity contribution in [3.63, 3.8) is 0 Å². The highest BCUT2D eigenvalue weighted by Crippen LogP contribution is 2.39. The van der Waals surface area contributed by atoms with Gasteiger partial charge >= 0.3 is 0 Å². The zero-order valence-corrected chi connectivity index (χ0v) is 22.0. The van der Waals surface area contributed by atoms with Crippen molar-refractivity contribution in [3.05, 3.63) is 66.0 Å². The molecule has 2 aromatic carbocycles. The zero-order chi connectivity index (χ0) is 27.4. The van der Waals surface area contributed by atoms with Gasteiger partial charge in [-0.05, 0) is 35.4 Å². The van der Waals surface area contributed by atoms with Crippen LogP contribution in [0.5, 0.6) is 17.2 Å². The Hall–Kier alpha value is -4.00. The van der Waals surface area contributed by atoms with Crippen LogP contribution in [0.4, 0.5) is 10.2 Å². The molecule has 206 valence electrons. The normalized spacial score (nSPS) is 17.8. The van der Waals surface area contributed by atoms with Gasteiger partial charge in [-0.25, -0.2) is 19.3 Å². The van der Waals surface area contributed by atoms with Crippen molar-refractivity contribution < 1.29 is 28.4 Å². The minimum absolute atomic E-state index is 0.131. The Labute approximate surface area is 225 Å². The minimum atomic E-state index is -0.442. The number of ether oxygens (including phenoxy) is 4. The molecule has 2 aromatic heterocycles. The zero-order valence-electron chi connectivity index (χ0n) is 22.0. The van der Waals surface area contributed by atoms with E-state index < -0.39 is 12.3 Å². The molecular weight excluding hydrogens is 507 g/mol. The Morgan fingerprint density at radius 2 is 1.74 bits per heavy atom. The highest BCUT2D eigenvalue weighted by molar-refractivity contribution is 5.82. The number of methoxy groups -OCH3 is 3. The molecule has 1 saturated heterocycles. The Balaban J connectivity index is 1.37. The summed E-state index contributed by atoms with van der Waals surface area (Å²) in [6, 6.07) is 10.1. The van der Waals surface area contributed by atoms with Crippen LogP contribution in [-0.4, -0.2) is 76.7 Å². The van der Waals surface area contributed by atoms with Crippen molar-refractivity contribution >= 4 is 17.0 Å². The third-order valence-corrected chi connectivity index (χ3v) is 6.60. The average molecular weight is 539 g/mol. The summed E-state index contributed by atoms with van der Waals surface area (Å²) in [6.07, 6.45) is 2.29. The second-order valence-corrected chi connectivity index (χ2v) is 9.15. The van der Waals surface area contributed by atoms with Crippen LogP contribution < -0.4 is 19.5 Å². The van der Waals surface area contributed by atoms with E-state index in [1.54, 1.807) is 39.8 Å². The second kappa shape index (κ2) is 11.8. The molecule has 0 amide bonds. The number of benzene rings is 2. The summed E-state index contributed by atoms with van der Waals surface area (Å²) >= 11 is 0. The molecule has 0 saturated carbocycles. The Kier molecular flexibility index (Phi) is 8.05. The summed E-state index contributed by atoms with van der Waals surface area (Å²) in [4.78, 5) is 15.6. The summed E-state index contributed by atoms with van der Waals surface area (Å²) < 4.78 is 37.8. The molecule has 0 aliphatic carbocycles. The Morgan fingerprint density at radius 1 is 1.00 bits per heavy atom. The van der Waals surface area contributed by atoms with E-state index in [1.165, 1.54) is 18.5 Å². The van der Waals surface area contributed by atoms with Crippen molar-refractivity contribution in [2.75, 3.05) is 46.3 Å². The number of morpholine rings is 1. The molecule has 3 heterocycles. The topological polar surface area (TPSA) is 116 Å². The van der Waals surface area contributed by atoms with Gasteiger partial charge in [0.1, 0.15) is 18.4 Å². The van der Waals surface area contributed by atoms with Crippen LogP contribution in [0.3, 0.4) is 0 Å². The Bertz CT molecular complexity index is 1390. The molecule has 4 aromatic rings. The van der Waals surface area contributed by atoms with Gasteiger partial charge in [0.05, 0.1) is 40.4 Å². The van der Waals surface area contributed by atoms with Crippen LogP contribution in [0.1, 0.15) is 17.4 Å². The van der Waals surface area contributed by atoms with Crippen LogP contribution >= 0.6 is 0 Å². The van der Waals surface area contributed by atoms with Crippen molar-refractivity contribution in [1.82, 2.24) is 24.4 Å². The molecule has 11 nitrogen and oxygen atoms in total. The summed E-state index contributed by atoms with van der Waals surface area (Å²) in [5, 5.41) is 13.2. The van der Waals surface area contributed by atoms with Gasteiger partial charge in [-0.1, -0.05) is 12.1 Å². The van der Waals surface area contributed by atoms with Crippen LogP contribution in [-0.2, 0) is 17.8 Å². The highest BCUT2D eigenvalue weighted by atomic mass is 19.1. The maximum absolute atomic E-state index is 13.2. The molecule has 12 heteroatoms. The van der Waals surface area contributed by atoms with Crippen LogP contribution in [0.15, 0.2) is 49.1 Å². The number of aliphatic hydroxyl groups excluding tert-OH is 1. The SMILES string of the molecule is COc1cc(CN2C[C@@H](CO)O[C@@H](n3cnc4c(NCc5ccc(F)cc5)ncnc43)C2)cc(OC)c1OC. The van der Waals surface area contributed by atoms with E-state index in [1.807, 2.05) is 16.7 Å². The van der Waals surface area contributed by atoms with E-state index in [0.29, 0.717) is 60.4 Å². The van der Waals surface area contributed by atoms with Gasteiger partial charge < -0.3 is 29.4 Å². The summed E-state index contributed by atoms with van der Waals surface area (Å²) in [5.74, 6) is 1.97. The van der Waals surface area contributed by atoms with Gasteiger partial charge in [0.15, 0.2) is 28.5 Å². The smallest absolute Gasteiger partial charge is 0.203 e. The first-order chi connectivity index (χ1) is 19.0. The number of rotatable bonds is 10.